The van der Waals surface area contributed by atoms with Gasteiger partial charge in [0.15, 0.2) is 0 Å². The lowest BCUT2D eigenvalue weighted by molar-refractivity contribution is 0.568. The highest BCUT2D eigenvalue weighted by Gasteiger charge is 2.16. The Morgan fingerprint density at radius 3 is 2.63 bits per heavy atom. The van der Waals surface area contributed by atoms with Crippen molar-refractivity contribution in [3.05, 3.63) is 32.5 Å². The number of hydrogen-bond acceptors (Lipinski definition) is 3. The minimum Gasteiger partial charge on any atom is -0.342 e. The molecule has 6 heteroatoms. The molecule has 1 fully saturated rings. The monoisotopic (exact) mass is 297 g/mol. The number of nitrogens with one attached hydrogen (secondary N) is 1. The van der Waals surface area contributed by atoms with Crippen molar-refractivity contribution in [1.29, 1.82) is 0 Å². The molecule has 19 heavy (non-hydrogen) atoms. The molecule has 0 atom stereocenters. The molecule has 100 valence electrons. The van der Waals surface area contributed by atoms with Crippen molar-refractivity contribution in [3.8, 4) is 0 Å². The predicted molar refractivity (Wildman–Crippen MR) is 78.4 cm³/mol. The Balaban J connectivity index is 2.17. The van der Waals surface area contributed by atoms with E-state index in [1.165, 1.54) is 6.42 Å². The molecule has 1 aliphatic rings. The van der Waals surface area contributed by atoms with E-state index in [2.05, 4.69) is 14.9 Å². The van der Waals surface area contributed by atoms with Crippen molar-refractivity contribution < 1.29 is 0 Å². The van der Waals surface area contributed by atoms with Gasteiger partial charge in [-0.2, -0.15) is 0 Å². The molecule has 2 heterocycles. The van der Waals surface area contributed by atoms with Gasteiger partial charge in [0.25, 0.3) is 5.56 Å². The third-order valence-electron chi connectivity index (χ3n) is 3.41. The standard InChI is InChI=1S/C13H13Cl2N3O/c14-9-5-4-8-11(10(9)15)16-13(17-12(8)19)18-6-2-1-3-7-18/h4-5H,1-3,6-7H2,(H,16,17,19). The fraction of sp³-hybridized carbons (Fsp3) is 0.385. The van der Waals surface area contributed by atoms with Crippen LogP contribution in [-0.2, 0) is 0 Å². The van der Waals surface area contributed by atoms with Crippen LogP contribution in [0.1, 0.15) is 19.3 Å². The Morgan fingerprint density at radius 1 is 1.16 bits per heavy atom. The van der Waals surface area contributed by atoms with Gasteiger partial charge in [-0.25, -0.2) is 4.98 Å². The quantitative estimate of drug-likeness (QED) is 0.879. The first kappa shape index (κ1) is 12.8. The van der Waals surface area contributed by atoms with E-state index in [0.717, 1.165) is 25.9 Å². The predicted octanol–water partition coefficient (Wildman–Crippen LogP) is 3.22. The van der Waals surface area contributed by atoms with Gasteiger partial charge in [-0.05, 0) is 31.4 Å². The average Bonchev–Trinajstić information content (AvgIpc) is 2.44. The highest BCUT2D eigenvalue weighted by atomic mass is 35.5. The minimum absolute atomic E-state index is 0.177. The Bertz CT molecular complexity index is 677. The zero-order chi connectivity index (χ0) is 13.4. The van der Waals surface area contributed by atoms with Crippen LogP contribution in [0.15, 0.2) is 16.9 Å². The maximum Gasteiger partial charge on any atom is 0.260 e. The molecule has 0 unspecified atom stereocenters. The zero-order valence-corrected chi connectivity index (χ0v) is 11.8. The van der Waals surface area contributed by atoms with E-state index >= 15 is 0 Å². The first-order valence-electron chi connectivity index (χ1n) is 6.30. The first-order valence-corrected chi connectivity index (χ1v) is 7.05. The lowest BCUT2D eigenvalue weighted by Crippen LogP contribution is -2.32. The van der Waals surface area contributed by atoms with Gasteiger partial charge in [0.05, 0.1) is 20.9 Å². The normalized spacial score (nSPS) is 16.0. The summed E-state index contributed by atoms with van der Waals surface area (Å²) < 4.78 is 0. The average molecular weight is 298 g/mol. The van der Waals surface area contributed by atoms with E-state index in [1.54, 1.807) is 12.1 Å². The van der Waals surface area contributed by atoms with Crippen LogP contribution in [0.25, 0.3) is 10.9 Å². The Labute approximate surface area is 120 Å². The largest absolute Gasteiger partial charge is 0.342 e. The van der Waals surface area contributed by atoms with Gasteiger partial charge >= 0.3 is 0 Å². The number of rotatable bonds is 1. The Morgan fingerprint density at radius 2 is 1.89 bits per heavy atom. The molecule has 1 aromatic carbocycles. The van der Waals surface area contributed by atoms with Gasteiger partial charge < -0.3 is 4.90 Å². The van der Waals surface area contributed by atoms with E-state index < -0.39 is 0 Å². The minimum atomic E-state index is -0.177. The molecule has 4 nitrogen and oxygen atoms in total. The summed E-state index contributed by atoms with van der Waals surface area (Å²) in [6.07, 6.45) is 3.46. The molecule has 1 aliphatic heterocycles. The van der Waals surface area contributed by atoms with Gasteiger partial charge in [-0.1, -0.05) is 23.2 Å². The van der Waals surface area contributed by atoms with E-state index in [0.29, 0.717) is 26.9 Å². The van der Waals surface area contributed by atoms with E-state index in [9.17, 15) is 4.79 Å². The van der Waals surface area contributed by atoms with Gasteiger partial charge in [0, 0.05) is 13.1 Å². The summed E-state index contributed by atoms with van der Waals surface area (Å²) >= 11 is 12.1. The summed E-state index contributed by atoms with van der Waals surface area (Å²) in [4.78, 5) is 21.5. The van der Waals surface area contributed by atoms with Crippen LogP contribution in [0, 0.1) is 0 Å². The van der Waals surface area contributed by atoms with Crippen molar-refractivity contribution in [2.45, 2.75) is 19.3 Å². The number of nitrogens with zero attached hydrogens (tertiary/aromatic N) is 2. The smallest absolute Gasteiger partial charge is 0.260 e. The maximum absolute atomic E-state index is 12.1. The van der Waals surface area contributed by atoms with Crippen molar-refractivity contribution in [2.75, 3.05) is 18.0 Å². The van der Waals surface area contributed by atoms with Crippen LogP contribution in [-0.4, -0.2) is 23.1 Å². The van der Waals surface area contributed by atoms with Gasteiger partial charge in [0.1, 0.15) is 0 Å². The van der Waals surface area contributed by atoms with E-state index in [4.69, 9.17) is 23.2 Å². The van der Waals surface area contributed by atoms with Crippen molar-refractivity contribution in [1.82, 2.24) is 9.97 Å². The molecule has 1 saturated heterocycles. The summed E-state index contributed by atoms with van der Waals surface area (Å²) in [6, 6.07) is 3.26. The summed E-state index contributed by atoms with van der Waals surface area (Å²) in [6.45, 7) is 1.82. The Kier molecular flexibility index (Phi) is 3.37. The molecule has 0 saturated carbocycles. The molecule has 3 rings (SSSR count). The number of hydrogen-bond donors (Lipinski definition) is 1. The van der Waals surface area contributed by atoms with Crippen molar-refractivity contribution in [2.24, 2.45) is 0 Å². The molecule has 1 aromatic heterocycles. The lowest BCUT2D eigenvalue weighted by Gasteiger charge is -2.27. The third kappa shape index (κ3) is 2.30. The van der Waals surface area contributed by atoms with E-state index in [1.807, 2.05) is 0 Å². The van der Waals surface area contributed by atoms with Gasteiger partial charge in [-0.15, -0.1) is 0 Å². The fourth-order valence-electron chi connectivity index (χ4n) is 2.39. The zero-order valence-electron chi connectivity index (χ0n) is 10.2. The SMILES string of the molecule is O=c1[nH]c(N2CCCCC2)nc2c(Cl)c(Cl)ccc12. The van der Waals surface area contributed by atoms with Crippen LogP contribution in [0.4, 0.5) is 5.95 Å². The van der Waals surface area contributed by atoms with Gasteiger partial charge in [0.2, 0.25) is 5.95 Å². The van der Waals surface area contributed by atoms with Crippen molar-refractivity contribution >= 4 is 40.1 Å². The van der Waals surface area contributed by atoms with Crippen LogP contribution in [0.2, 0.25) is 10.0 Å². The third-order valence-corrected chi connectivity index (χ3v) is 4.21. The van der Waals surface area contributed by atoms with Crippen LogP contribution < -0.4 is 10.5 Å². The number of benzene rings is 1. The van der Waals surface area contributed by atoms with Crippen LogP contribution in [0.3, 0.4) is 0 Å². The molecular weight excluding hydrogens is 285 g/mol. The topological polar surface area (TPSA) is 49.0 Å². The summed E-state index contributed by atoms with van der Waals surface area (Å²) in [5.41, 5.74) is 0.294. The fourth-order valence-corrected chi connectivity index (χ4v) is 2.75. The number of H-pyrrole nitrogens is 1. The molecular formula is C13H13Cl2N3O. The van der Waals surface area contributed by atoms with Gasteiger partial charge in [-0.3, -0.25) is 9.78 Å². The molecule has 0 aliphatic carbocycles. The number of aromatic nitrogens is 2. The molecule has 0 radical (unpaired) electrons. The number of piperidine rings is 1. The first-order chi connectivity index (χ1) is 9.16. The summed E-state index contributed by atoms with van der Waals surface area (Å²) in [5, 5.41) is 1.22. The highest BCUT2D eigenvalue weighted by Crippen LogP contribution is 2.29. The molecule has 0 spiro atoms. The molecule has 0 bridgehead atoms. The van der Waals surface area contributed by atoms with Crippen LogP contribution >= 0.6 is 23.2 Å². The highest BCUT2D eigenvalue weighted by molar-refractivity contribution is 6.44. The number of fused-ring (bicyclic) bond motifs is 1. The molecule has 2 aromatic rings. The Hall–Kier alpha value is -1.26. The second kappa shape index (κ2) is 5.02. The number of halogens is 2. The number of anilines is 1. The number of aromatic amines is 1. The summed E-state index contributed by atoms with van der Waals surface area (Å²) in [5.74, 6) is 0.585. The van der Waals surface area contributed by atoms with E-state index in [-0.39, 0.29) is 5.56 Å². The van der Waals surface area contributed by atoms with Crippen LogP contribution in [0.5, 0.6) is 0 Å². The maximum atomic E-state index is 12.1. The lowest BCUT2D eigenvalue weighted by atomic mass is 10.1. The second-order valence-corrected chi connectivity index (χ2v) is 5.48. The second-order valence-electron chi connectivity index (χ2n) is 4.69. The summed E-state index contributed by atoms with van der Waals surface area (Å²) in [7, 11) is 0. The van der Waals surface area contributed by atoms with Crippen molar-refractivity contribution in [3.63, 3.8) is 0 Å². The molecule has 0 amide bonds. The molecule has 1 N–H and O–H groups in total.